The van der Waals surface area contributed by atoms with E-state index in [4.69, 9.17) is 4.42 Å². The molecule has 0 spiro atoms. The van der Waals surface area contributed by atoms with Crippen molar-refractivity contribution in [3.05, 3.63) is 84.9 Å². The van der Waals surface area contributed by atoms with Crippen LogP contribution in [0.1, 0.15) is 58.9 Å². The fourth-order valence-corrected chi connectivity index (χ4v) is 7.09. The van der Waals surface area contributed by atoms with Crippen molar-refractivity contribution >= 4 is 43.4 Å². The van der Waals surface area contributed by atoms with E-state index in [2.05, 4.69) is 87.0 Å². The lowest BCUT2D eigenvalue weighted by atomic mass is 10.1. The first-order chi connectivity index (χ1) is 20.1. The van der Waals surface area contributed by atoms with Gasteiger partial charge in [-0.15, -0.1) is 16.4 Å². The summed E-state index contributed by atoms with van der Waals surface area (Å²) in [6.07, 6.45) is 3.55. The largest absolute Gasteiger partial charge is 0.461 e. The molecule has 42 heavy (non-hydrogen) atoms. The third-order valence-electron chi connectivity index (χ3n) is 8.10. The van der Waals surface area contributed by atoms with Gasteiger partial charge in [0, 0.05) is 36.2 Å². The molecule has 0 saturated carbocycles. The number of thiophene rings is 1. The molecule has 1 aliphatic heterocycles. The summed E-state index contributed by atoms with van der Waals surface area (Å²) in [5.74, 6) is 0.758. The first-order valence-corrected chi connectivity index (χ1v) is 15.5. The highest BCUT2D eigenvalue weighted by atomic mass is 79.9. The van der Waals surface area contributed by atoms with E-state index in [0.29, 0.717) is 51.9 Å². The predicted molar refractivity (Wildman–Crippen MR) is 166 cm³/mol. The zero-order chi connectivity index (χ0) is 29.7. The van der Waals surface area contributed by atoms with Gasteiger partial charge in [-0.1, -0.05) is 33.3 Å². The molecule has 12 heteroatoms. The Labute approximate surface area is 255 Å². The number of hydrogen-bond donors (Lipinski definition) is 1. The predicted octanol–water partition coefficient (Wildman–Crippen LogP) is 5.56. The number of aryl methyl sites for hydroxylation is 2. The topological polar surface area (TPSA) is 113 Å². The highest BCUT2D eigenvalue weighted by Crippen LogP contribution is 2.31. The van der Waals surface area contributed by atoms with Crippen molar-refractivity contribution in [2.75, 3.05) is 13.1 Å². The van der Waals surface area contributed by atoms with E-state index in [1.54, 1.807) is 12.1 Å². The maximum atomic E-state index is 13.8. The van der Waals surface area contributed by atoms with Gasteiger partial charge in [-0.2, -0.15) is 0 Å². The number of aromatic amines is 1. The quantitative estimate of drug-likeness (QED) is 0.256. The van der Waals surface area contributed by atoms with Crippen LogP contribution in [0.4, 0.5) is 0 Å². The Balaban J connectivity index is 1.16. The number of hydrogen-bond acceptors (Lipinski definition) is 8. The van der Waals surface area contributed by atoms with Crippen LogP contribution < -0.4 is 5.56 Å². The van der Waals surface area contributed by atoms with Crippen molar-refractivity contribution in [3.63, 3.8) is 0 Å². The van der Waals surface area contributed by atoms with Crippen molar-refractivity contribution < 1.29 is 9.21 Å². The minimum atomic E-state index is -0.275. The van der Waals surface area contributed by atoms with E-state index in [9.17, 15) is 9.59 Å². The Hall–Kier alpha value is -3.61. The molecule has 1 fully saturated rings. The van der Waals surface area contributed by atoms with Crippen LogP contribution in [0.25, 0.3) is 21.8 Å². The second-order valence-electron chi connectivity index (χ2n) is 11.1. The molecule has 5 heterocycles. The number of fused-ring (bicyclic) bond motifs is 1. The number of carbonyl (C=O) groups is 1. The Kier molecular flexibility index (Phi) is 7.62. The number of rotatable bonds is 6. The third-order valence-corrected chi connectivity index (χ3v) is 10.2. The van der Waals surface area contributed by atoms with E-state index in [-0.39, 0.29) is 29.6 Å². The van der Waals surface area contributed by atoms with Crippen LogP contribution in [0.2, 0.25) is 0 Å². The molecule has 218 valence electrons. The number of halogens is 1. The summed E-state index contributed by atoms with van der Waals surface area (Å²) in [4.78, 5) is 39.4. The normalized spacial score (nSPS) is 18.6. The van der Waals surface area contributed by atoms with Gasteiger partial charge in [0.2, 0.25) is 0 Å². The van der Waals surface area contributed by atoms with Crippen molar-refractivity contribution in [2.45, 2.75) is 59.3 Å². The minimum absolute atomic E-state index is 0.0591. The van der Waals surface area contributed by atoms with Crippen molar-refractivity contribution in [2.24, 2.45) is 0 Å². The number of carbonyl (C=O) groups excluding carboxylic acids is 1. The van der Waals surface area contributed by atoms with E-state index in [0.717, 1.165) is 10.2 Å². The van der Waals surface area contributed by atoms with Crippen LogP contribution in [0.15, 0.2) is 56.5 Å². The number of aromatic nitrogens is 5. The van der Waals surface area contributed by atoms with Gasteiger partial charge >= 0.3 is 0 Å². The molecule has 0 radical (unpaired) electrons. The molecule has 0 unspecified atom stereocenters. The van der Waals surface area contributed by atoms with Crippen LogP contribution in [-0.4, -0.2) is 65.8 Å². The number of amides is 1. The molecule has 4 aromatic heterocycles. The summed E-state index contributed by atoms with van der Waals surface area (Å²) in [7, 11) is 0. The molecule has 3 atom stereocenters. The van der Waals surface area contributed by atoms with E-state index in [1.165, 1.54) is 28.7 Å². The summed E-state index contributed by atoms with van der Waals surface area (Å²) in [6, 6.07) is 10.1. The van der Waals surface area contributed by atoms with Gasteiger partial charge in [0.1, 0.15) is 4.83 Å². The molecular weight excluding hydrogens is 618 g/mol. The summed E-state index contributed by atoms with van der Waals surface area (Å²) < 4.78 is 8.40. The molecule has 1 aliphatic rings. The number of H-pyrrole nitrogens is 1. The van der Waals surface area contributed by atoms with Crippen LogP contribution in [0, 0.1) is 13.8 Å². The highest BCUT2D eigenvalue weighted by Gasteiger charge is 2.34. The van der Waals surface area contributed by atoms with Crippen LogP contribution in [-0.2, 0) is 6.54 Å². The molecule has 0 aliphatic carbocycles. The second kappa shape index (κ2) is 11.2. The van der Waals surface area contributed by atoms with Crippen molar-refractivity contribution in [1.82, 2.24) is 34.8 Å². The molecule has 0 bridgehead atoms. The second-order valence-corrected chi connectivity index (χ2v) is 12.9. The Morgan fingerprint density at radius 3 is 2.67 bits per heavy atom. The SMILES string of the molecule is Cc1cc([C@@H](C)n2cc(CN3[C@H](C)CN(C(=O)c4sc5nc(-c6ccco6)[nH]c(=O)c5c4C)C[C@@H]3C)nn2)ccc1Br. The fraction of sp³-hybridized carbons (Fsp3) is 0.367. The number of piperazine rings is 1. The fourth-order valence-electron chi connectivity index (χ4n) is 5.70. The van der Waals surface area contributed by atoms with E-state index in [1.807, 2.05) is 22.7 Å². The Bertz CT molecular complexity index is 1810. The maximum Gasteiger partial charge on any atom is 0.264 e. The Morgan fingerprint density at radius 2 is 1.98 bits per heavy atom. The summed E-state index contributed by atoms with van der Waals surface area (Å²) in [5, 5.41) is 9.36. The first kappa shape index (κ1) is 28.5. The van der Waals surface area contributed by atoms with E-state index >= 15 is 0 Å². The van der Waals surface area contributed by atoms with E-state index < -0.39 is 0 Å². The van der Waals surface area contributed by atoms with Crippen molar-refractivity contribution in [3.8, 4) is 11.6 Å². The summed E-state index contributed by atoms with van der Waals surface area (Å²) in [5.41, 5.74) is 3.64. The standard InChI is InChI=1S/C30H32BrN7O3S/c1-16-11-21(8-9-23(16)31)20(5)38-15-22(34-35-38)14-37-17(2)12-36(13-18(37)3)30(40)26-19(4)25-28(39)32-27(33-29(25)42-26)24-7-6-10-41-24/h6-11,15,17-18,20H,12-14H2,1-5H3,(H,32,33,39)/t17-,18+,20-/m1/s1. The molecule has 1 saturated heterocycles. The number of nitrogens with zero attached hydrogens (tertiary/aromatic N) is 6. The highest BCUT2D eigenvalue weighted by molar-refractivity contribution is 9.10. The molecule has 1 aromatic carbocycles. The number of furan rings is 1. The molecule has 1 amide bonds. The Morgan fingerprint density at radius 1 is 1.21 bits per heavy atom. The van der Waals surface area contributed by atoms with Gasteiger partial charge in [-0.05, 0) is 69.5 Å². The lowest BCUT2D eigenvalue weighted by Crippen LogP contribution is -2.57. The molecular formula is C30H32BrN7O3S. The molecule has 5 aromatic rings. The van der Waals surface area contributed by atoms with Gasteiger partial charge in [-0.3, -0.25) is 14.5 Å². The lowest BCUT2D eigenvalue weighted by Gasteiger charge is -2.44. The summed E-state index contributed by atoms with van der Waals surface area (Å²) >= 11 is 4.83. The monoisotopic (exact) mass is 649 g/mol. The van der Waals surface area contributed by atoms with Gasteiger partial charge in [0.05, 0.1) is 34.5 Å². The summed E-state index contributed by atoms with van der Waals surface area (Å²) in [6.45, 7) is 12.1. The molecule has 1 N–H and O–H groups in total. The number of nitrogens with one attached hydrogen (secondary N) is 1. The van der Waals surface area contributed by atoms with Gasteiger partial charge in [0.15, 0.2) is 11.6 Å². The van der Waals surface area contributed by atoms with Crippen LogP contribution in [0.3, 0.4) is 0 Å². The smallest absolute Gasteiger partial charge is 0.264 e. The third kappa shape index (κ3) is 5.23. The van der Waals surface area contributed by atoms with Gasteiger partial charge in [0.25, 0.3) is 11.5 Å². The molecule has 6 rings (SSSR count). The average molecular weight is 651 g/mol. The maximum absolute atomic E-state index is 13.8. The number of benzene rings is 1. The average Bonchev–Trinajstić information content (AvgIpc) is 3.72. The van der Waals surface area contributed by atoms with Crippen LogP contribution in [0.5, 0.6) is 0 Å². The molecule has 10 nitrogen and oxygen atoms in total. The first-order valence-electron chi connectivity index (χ1n) is 13.9. The van der Waals surface area contributed by atoms with Crippen LogP contribution >= 0.6 is 27.3 Å². The minimum Gasteiger partial charge on any atom is -0.461 e. The lowest BCUT2D eigenvalue weighted by molar-refractivity contribution is 0.0267. The zero-order valence-corrected chi connectivity index (χ0v) is 26.5. The van der Waals surface area contributed by atoms with Gasteiger partial charge in [-0.25, -0.2) is 9.67 Å². The zero-order valence-electron chi connectivity index (χ0n) is 24.1. The van der Waals surface area contributed by atoms with Crippen molar-refractivity contribution in [1.29, 1.82) is 0 Å². The van der Waals surface area contributed by atoms with Gasteiger partial charge < -0.3 is 14.3 Å².